The monoisotopic (exact) mass is 367 g/mol. The number of carbonyl (C=O) groups excluding carboxylic acids is 1. The molecule has 0 radical (unpaired) electrons. The van der Waals surface area contributed by atoms with Gasteiger partial charge in [0.25, 0.3) is 0 Å². The van der Waals surface area contributed by atoms with Gasteiger partial charge in [-0.2, -0.15) is 5.10 Å². The molecule has 1 amide bonds. The molecule has 0 fully saturated rings. The van der Waals surface area contributed by atoms with E-state index in [0.29, 0.717) is 0 Å². The standard InChI is InChI=1S/C14H14IN3O/c1-10-3-5-12(7-13(10)15)17-14(19)6-4-11-8-16-18(2)9-11/h3-9H,1-2H3,(H,17,19). The maximum absolute atomic E-state index is 11.8. The van der Waals surface area contributed by atoms with Crippen LogP contribution in [0.25, 0.3) is 6.08 Å². The summed E-state index contributed by atoms with van der Waals surface area (Å²) in [6.45, 7) is 2.04. The summed E-state index contributed by atoms with van der Waals surface area (Å²) < 4.78 is 2.83. The molecule has 5 heteroatoms. The highest BCUT2D eigenvalue weighted by Crippen LogP contribution is 2.17. The number of carbonyl (C=O) groups is 1. The highest BCUT2D eigenvalue weighted by Gasteiger charge is 2.00. The minimum Gasteiger partial charge on any atom is -0.322 e. The van der Waals surface area contributed by atoms with Crippen LogP contribution in [0.4, 0.5) is 5.69 Å². The molecule has 4 nitrogen and oxygen atoms in total. The number of nitrogens with one attached hydrogen (secondary N) is 1. The van der Waals surface area contributed by atoms with Crippen molar-refractivity contribution in [3.63, 3.8) is 0 Å². The van der Waals surface area contributed by atoms with Gasteiger partial charge in [-0.15, -0.1) is 0 Å². The second-order valence-electron chi connectivity index (χ2n) is 4.23. The zero-order valence-corrected chi connectivity index (χ0v) is 12.9. The van der Waals surface area contributed by atoms with Crippen molar-refractivity contribution < 1.29 is 4.79 Å². The Morgan fingerprint density at radius 2 is 2.26 bits per heavy atom. The summed E-state index contributed by atoms with van der Waals surface area (Å²) in [6.07, 6.45) is 6.79. The molecule has 0 saturated heterocycles. The van der Waals surface area contributed by atoms with E-state index < -0.39 is 0 Å². The molecular formula is C14H14IN3O. The smallest absolute Gasteiger partial charge is 0.248 e. The first-order valence-corrected chi connectivity index (χ1v) is 6.86. The van der Waals surface area contributed by atoms with Crippen LogP contribution < -0.4 is 5.32 Å². The number of anilines is 1. The van der Waals surface area contributed by atoms with Crippen molar-refractivity contribution in [3.05, 3.63) is 51.4 Å². The summed E-state index contributed by atoms with van der Waals surface area (Å²) in [5.41, 5.74) is 2.90. The van der Waals surface area contributed by atoms with Crippen molar-refractivity contribution in [2.45, 2.75) is 6.92 Å². The molecule has 0 aliphatic rings. The number of amides is 1. The van der Waals surface area contributed by atoms with E-state index >= 15 is 0 Å². The maximum Gasteiger partial charge on any atom is 0.248 e. The van der Waals surface area contributed by atoms with Crippen LogP contribution >= 0.6 is 22.6 Å². The van der Waals surface area contributed by atoms with E-state index in [1.807, 2.05) is 38.4 Å². The summed E-state index contributed by atoms with van der Waals surface area (Å²) in [7, 11) is 1.84. The lowest BCUT2D eigenvalue weighted by Crippen LogP contribution is -2.07. The van der Waals surface area contributed by atoms with Gasteiger partial charge in [0.05, 0.1) is 6.20 Å². The number of halogens is 1. The summed E-state index contributed by atoms with van der Waals surface area (Å²) in [6, 6.07) is 5.83. The van der Waals surface area contributed by atoms with Crippen molar-refractivity contribution in [2.75, 3.05) is 5.32 Å². The molecule has 2 rings (SSSR count). The Labute approximate surface area is 125 Å². The molecule has 19 heavy (non-hydrogen) atoms. The van der Waals surface area contributed by atoms with Crippen LogP contribution in [0.1, 0.15) is 11.1 Å². The van der Waals surface area contributed by atoms with Crippen molar-refractivity contribution in [2.24, 2.45) is 7.05 Å². The lowest BCUT2D eigenvalue weighted by Gasteiger charge is -2.04. The minimum atomic E-state index is -0.150. The SMILES string of the molecule is Cc1ccc(NC(=O)C=Cc2cnn(C)c2)cc1I. The van der Waals surface area contributed by atoms with Gasteiger partial charge in [-0.25, -0.2) is 0 Å². The fourth-order valence-electron chi connectivity index (χ4n) is 1.55. The molecule has 0 unspecified atom stereocenters. The first kappa shape index (κ1) is 13.8. The largest absolute Gasteiger partial charge is 0.322 e. The molecule has 0 aliphatic heterocycles. The Balaban J connectivity index is 2.01. The second-order valence-corrected chi connectivity index (χ2v) is 5.40. The fraction of sp³-hybridized carbons (Fsp3) is 0.143. The predicted octanol–water partition coefficient (Wildman–Crippen LogP) is 2.99. The first-order valence-electron chi connectivity index (χ1n) is 5.78. The third-order valence-electron chi connectivity index (χ3n) is 2.59. The number of benzene rings is 1. The van der Waals surface area contributed by atoms with Crippen molar-refractivity contribution in [1.29, 1.82) is 0 Å². The Morgan fingerprint density at radius 3 is 2.89 bits per heavy atom. The number of hydrogen-bond donors (Lipinski definition) is 1. The molecular weight excluding hydrogens is 353 g/mol. The van der Waals surface area contributed by atoms with Crippen LogP contribution in [-0.4, -0.2) is 15.7 Å². The molecule has 1 aromatic carbocycles. The van der Waals surface area contributed by atoms with E-state index in [0.717, 1.165) is 14.8 Å². The number of nitrogens with zero attached hydrogens (tertiary/aromatic N) is 2. The lowest BCUT2D eigenvalue weighted by atomic mass is 10.2. The number of aryl methyl sites for hydroxylation is 2. The van der Waals surface area contributed by atoms with Gasteiger partial charge in [-0.05, 0) is 53.3 Å². The van der Waals surface area contributed by atoms with Gasteiger partial charge < -0.3 is 5.32 Å². The summed E-state index contributed by atoms with van der Waals surface area (Å²) in [4.78, 5) is 11.8. The Kier molecular flexibility index (Phi) is 4.36. The van der Waals surface area contributed by atoms with Gasteiger partial charge in [-0.1, -0.05) is 6.07 Å². The van der Waals surface area contributed by atoms with Crippen LogP contribution in [0.3, 0.4) is 0 Å². The van der Waals surface area contributed by atoms with Crippen molar-refractivity contribution >= 4 is 40.3 Å². The third kappa shape index (κ3) is 3.92. The van der Waals surface area contributed by atoms with Gasteiger partial charge in [-0.3, -0.25) is 9.48 Å². The fourth-order valence-corrected chi connectivity index (χ4v) is 2.07. The highest BCUT2D eigenvalue weighted by atomic mass is 127. The van der Waals surface area contributed by atoms with Gasteiger partial charge >= 0.3 is 0 Å². The van der Waals surface area contributed by atoms with E-state index in [9.17, 15) is 4.79 Å². The van der Waals surface area contributed by atoms with Gasteiger partial charge in [0.2, 0.25) is 5.91 Å². The zero-order valence-electron chi connectivity index (χ0n) is 10.7. The van der Waals surface area contributed by atoms with Crippen LogP contribution in [0.5, 0.6) is 0 Å². The quantitative estimate of drug-likeness (QED) is 0.670. The Hall–Kier alpha value is -1.63. The summed E-state index contributed by atoms with van der Waals surface area (Å²) >= 11 is 2.25. The predicted molar refractivity (Wildman–Crippen MR) is 84.8 cm³/mol. The minimum absolute atomic E-state index is 0.150. The number of hydrogen-bond acceptors (Lipinski definition) is 2. The van der Waals surface area contributed by atoms with Crippen molar-refractivity contribution in [1.82, 2.24) is 9.78 Å². The number of aromatic nitrogens is 2. The van der Waals surface area contributed by atoms with Gasteiger partial charge in [0, 0.05) is 34.1 Å². The Bertz CT molecular complexity index is 631. The molecule has 1 N–H and O–H groups in total. The topological polar surface area (TPSA) is 46.9 Å². The van der Waals surface area contributed by atoms with Crippen LogP contribution in [0.2, 0.25) is 0 Å². The average molecular weight is 367 g/mol. The maximum atomic E-state index is 11.8. The van der Waals surface area contributed by atoms with E-state index in [4.69, 9.17) is 0 Å². The van der Waals surface area contributed by atoms with Crippen LogP contribution in [-0.2, 0) is 11.8 Å². The number of rotatable bonds is 3. The molecule has 0 bridgehead atoms. The molecule has 0 atom stereocenters. The second kappa shape index (κ2) is 6.01. The van der Waals surface area contributed by atoms with Crippen LogP contribution in [0, 0.1) is 10.5 Å². The van der Waals surface area contributed by atoms with Gasteiger partial charge in [0.15, 0.2) is 0 Å². The molecule has 0 spiro atoms. The van der Waals surface area contributed by atoms with E-state index in [2.05, 4.69) is 33.0 Å². The van der Waals surface area contributed by atoms with Crippen LogP contribution in [0.15, 0.2) is 36.7 Å². The lowest BCUT2D eigenvalue weighted by molar-refractivity contribution is -0.111. The van der Waals surface area contributed by atoms with Gasteiger partial charge in [0.1, 0.15) is 0 Å². The average Bonchev–Trinajstić information content (AvgIpc) is 2.77. The normalized spacial score (nSPS) is 10.9. The first-order chi connectivity index (χ1) is 9.04. The van der Waals surface area contributed by atoms with Crippen molar-refractivity contribution in [3.8, 4) is 0 Å². The molecule has 2 aromatic rings. The molecule has 0 saturated carbocycles. The van der Waals surface area contributed by atoms with E-state index in [-0.39, 0.29) is 5.91 Å². The third-order valence-corrected chi connectivity index (χ3v) is 3.75. The van der Waals surface area contributed by atoms with E-state index in [1.165, 1.54) is 11.6 Å². The van der Waals surface area contributed by atoms with E-state index in [1.54, 1.807) is 17.0 Å². The molecule has 0 aliphatic carbocycles. The summed E-state index contributed by atoms with van der Waals surface area (Å²) in [5, 5.41) is 6.86. The highest BCUT2D eigenvalue weighted by molar-refractivity contribution is 14.1. The zero-order chi connectivity index (χ0) is 13.8. The molecule has 1 aromatic heterocycles. The summed E-state index contributed by atoms with van der Waals surface area (Å²) in [5.74, 6) is -0.150. The molecule has 1 heterocycles. The Morgan fingerprint density at radius 1 is 1.47 bits per heavy atom. The molecule has 98 valence electrons.